The highest BCUT2D eigenvalue weighted by Crippen LogP contribution is 2.39. The Morgan fingerprint density at radius 1 is 1.54 bits per heavy atom. The third-order valence-electron chi connectivity index (χ3n) is 2.42. The van der Waals surface area contributed by atoms with Gasteiger partial charge in [-0.3, -0.25) is 4.79 Å². The number of rotatable bonds is 5. The van der Waals surface area contributed by atoms with E-state index in [1.165, 1.54) is 19.3 Å². The van der Waals surface area contributed by atoms with Crippen LogP contribution in [0.1, 0.15) is 33.1 Å². The highest BCUT2D eigenvalue weighted by molar-refractivity contribution is 9.09. The van der Waals surface area contributed by atoms with Crippen LogP contribution in [0.2, 0.25) is 0 Å². The van der Waals surface area contributed by atoms with Crippen LogP contribution in [0.3, 0.4) is 0 Å². The van der Waals surface area contributed by atoms with Crippen molar-refractivity contribution in [2.75, 3.05) is 11.9 Å². The molecule has 1 rings (SSSR count). The van der Waals surface area contributed by atoms with Crippen molar-refractivity contribution >= 4 is 21.8 Å². The van der Waals surface area contributed by atoms with Crippen LogP contribution >= 0.6 is 15.9 Å². The fraction of sp³-hybridized carbons (Fsp3) is 0.900. The van der Waals surface area contributed by atoms with Crippen molar-refractivity contribution in [1.29, 1.82) is 0 Å². The summed E-state index contributed by atoms with van der Waals surface area (Å²) in [6.07, 6.45) is 4.02. The molecule has 0 bridgehead atoms. The van der Waals surface area contributed by atoms with Crippen LogP contribution in [-0.4, -0.2) is 17.8 Å². The van der Waals surface area contributed by atoms with Crippen LogP contribution in [0.25, 0.3) is 0 Å². The molecule has 0 aromatic carbocycles. The Balaban J connectivity index is 2.19. The number of carbonyl (C=O) groups is 1. The van der Waals surface area contributed by atoms with Gasteiger partial charge in [0.1, 0.15) is 0 Å². The molecule has 1 amide bonds. The fourth-order valence-electron chi connectivity index (χ4n) is 1.56. The maximum Gasteiger partial charge on any atom is 0.230 e. The maximum absolute atomic E-state index is 11.0. The monoisotopic (exact) mass is 247 g/mol. The number of nitrogens with one attached hydrogen (secondary N) is 1. The minimum Gasteiger partial charge on any atom is -0.355 e. The Labute approximate surface area is 88.6 Å². The van der Waals surface area contributed by atoms with Gasteiger partial charge in [-0.2, -0.15) is 0 Å². The van der Waals surface area contributed by atoms with E-state index in [0.29, 0.717) is 5.33 Å². The second kappa shape index (κ2) is 4.45. The van der Waals surface area contributed by atoms with Crippen LogP contribution in [0.15, 0.2) is 0 Å². The predicted octanol–water partition coefficient (Wildman–Crippen LogP) is 2.32. The van der Waals surface area contributed by atoms with Gasteiger partial charge in [0.15, 0.2) is 0 Å². The summed E-state index contributed by atoms with van der Waals surface area (Å²) in [6.45, 7) is 5.24. The summed E-state index contributed by atoms with van der Waals surface area (Å²) in [4.78, 5) is 11.0. The van der Waals surface area contributed by atoms with E-state index < -0.39 is 0 Å². The third kappa shape index (κ3) is 4.65. The fourth-order valence-corrected chi connectivity index (χ4v) is 1.76. The minimum atomic E-state index is 0.0869. The van der Waals surface area contributed by atoms with Crippen LogP contribution < -0.4 is 5.32 Å². The highest BCUT2D eigenvalue weighted by atomic mass is 79.9. The van der Waals surface area contributed by atoms with Gasteiger partial charge >= 0.3 is 0 Å². The molecule has 2 nitrogen and oxygen atoms in total. The minimum absolute atomic E-state index is 0.0869. The van der Waals surface area contributed by atoms with Crippen molar-refractivity contribution in [1.82, 2.24) is 5.32 Å². The number of alkyl halides is 1. The lowest BCUT2D eigenvalue weighted by Crippen LogP contribution is -2.34. The van der Waals surface area contributed by atoms with Gasteiger partial charge < -0.3 is 5.32 Å². The first-order valence-corrected chi connectivity index (χ1v) is 5.98. The summed E-state index contributed by atoms with van der Waals surface area (Å²) >= 11 is 3.13. The first-order valence-electron chi connectivity index (χ1n) is 4.86. The van der Waals surface area contributed by atoms with Gasteiger partial charge in [0.25, 0.3) is 0 Å². The second-order valence-electron chi connectivity index (χ2n) is 4.72. The molecule has 0 unspecified atom stereocenters. The van der Waals surface area contributed by atoms with E-state index in [0.717, 1.165) is 12.5 Å². The van der Waals surface area contributed by atoms with Crippen LogP contribution in [0.4, 0.5) is 0 Å². The van der Waals surface area contributed by atoms with E-state index in [2.05, 4.69) is 35.1 Å². The van der Waals surface area contributed by atoms with Gasteiger partial charge in [0.05, 0.1) is 5.33 Å². The molecule has 0 atom stereocenters. The molecule has 1 aliphatic carbocycles. The Morgan fingerprint density at radius 2 is 2.15 bits per heavy atom. The molecule has 13 heavy (non-hydrogen) atoms. The average molecular weight is 248 g/mol. The number of amides is 1. The van der Waals surface area contributed by atoms with Crippen molar-refractivity contribution in [2.45, 2.75) is 33.1 Å². The molecular formula is C10H18BrNO. The number of hydrogen-bond donors (Lipinski definition) is 1. The van der Waals surface area contributed by atoms with E-state index in [9.17, 15) is 4.79 Å². The standard InChI is InChI=1S/C10H18BrNO/c1-10(2,5-8-3-4-8)7-12-9(13)6-11/h8H,3-7H2,1-2H3,(H,12,13). The smallest absolute Gasteiger partial charge is 0.230 e. The van der Waals surface area contributed by atoms with Gasteiger partial charge in [0, 0.05) is 6.54 Å². The van der Waals surface area contributed by atoms with Crippen molar-refractivity contribution < 1.29 is 4.79 Å². The van der Waals surface area contributed by atoms with E-state index in [1.807, 2.05) is 0 Å². The normalized spacial score (nSPS) is 17.2. The van der Waals surface area contributed by atoms with Crippen LogP contribution in [0.5, 0.6) is 0 Å². The zero-order valence-corrected chi connectivity index (χ0v) is 9.99. The lowest BCUT2D eigenvalue weighted by Gasteiger charge is -2.24. The lowest BCUT2D eigenvalue weighted by molar-refractivity contribution is -0.118. The zero-order valence-electron chi connectivity index (χ0n) is 8.40. The van der Waals surface area contributed by atoms with Gasteiger partial charge in [-0.25, -0.2) is 0 Å². The Morgan fingerprint density at radius 3 is 2.62 bits per heavy atom. The van der Waals surface area contributed by atoms with Gasteiger partial charge in [0.2, 0.25) is 5.91 Å². The summed E-state index contributed by atoms with van der Waals surface area (Å²) in [5.41, 5.74) is 0.263. The first-order chi connectivity index (χ1) is 6.03. The Bertz CT molecular complexity index is 187. The van der Waals surface area contributed by atoms with Gasteiger partial charge in [-0.05, 0) is 17.8 Å². The highest BCUT2D eigenvalue weighted by Gasteiger charge is 2.30. The molecule has 0 saturated heterocycles. The van der Waals surface area contributed by atoms with Gasteiger partial charge in [-0.1, -0.05) is 42.6 Å². The molecule has 1 fully saturated rings. The van der Waals surface area contributed by atoms with E-state index >= 15 is 0 Å². The third-order valence-corrected chi connectivity index (χ3v) is 2.93. The average Bonchev–Trinajstić information content (AvgIpc) is 2.83. The van der Waals surface area contributed by atoms with E-state index in [4.69, 9.17) is 0 Å². The molecule has 1 aliphatic rings. The predicted molar refractivity (Wildman–Crippen MR) is 57.9 cm³/mol. The molecule has 0 radical (unpaired) electrons. The van der Waals surface area contributed by atoms with E-state index in [1.54, 1.807) is 0 Å². The molecule has 76 valence electrons. The second-order valence-corrected chi connectivity index (χ2v) is 5.28. The molecule has 0 heterocycles. The largest absolute Gasteiger partial charge is 0.355 e. The molecule has 3 heteroatoms. The maximum atomic E-state index is 11.0. The summed E-state index contributed by atoms with van der Waals surface area (Å²) in [6, 6.07) is 0. The van der Waals surface area contributed by atoms with Crippen LogP contribution in [-0.2, 0) is 4.79 Å². The van der Waals surface area contributed by atoms with Crippen molar-refractivity contribution in [3.8, 4) is 0 Å². The summed E-state index contributed by atoms with van der Waals surface area (Å²) in [5.74, 6) is 1.01. The molecule has 0 aliphatic heterocycles. The van der Waals surface area contributed by atoms with Crippen LogP contribution in [0, 0.1) is 11.3 Å². The number of hydrogen-bond acceptors (Lipinski definition) is 1. The SMILES string of the molecule is CC(C)(CNC(=O)CBr)CC1CC1. The summed E-state index contributed by atoms with van der Waals surface area (Å²) in [7, 11) is 0. The molecule has 0 spiro atoms. The zero-order chi connectivity index (χ0) is 9.90. The number of halogens is 1. The molecule has 1 N–H and O–H groups in total. The Kier molecular flexibility index (Phi) is 3.77. The lowest BCUT2D eigenvalue weighted by atomic mass is 9.87. The molecule has 1 saturated carbocycles. The van der Waals surface area contributed by atoms with E-state index in [-0.39, 0.29) is 11.3 Å². The quantitative estimate of drug-likeness (QED) is 0.743. The van der Waals surface area contributed by atoms with Crippen molar-refractivity contribution in [2.24, 2.45) is 11.3 Å². The Hall–Kier alpha value is -0.0500. The summed E-state index contributed by atoms with van der Waals surface area (Å²) < 4.78 is 0. The van der Waals surface area contributed by atoms with Gasteiger partial charge in [-0.15, -0.1) is 0 Å². The topological polar surface area (TPSA) is 29.1 Å². The molecular weight excluding hydrogens is 230 g/mol. The van der Waals surface area contributed by atoms with Crippen molar-refractivity contribution in [3.63, 3.8) is 0 Å². The molecule has 0 aromatic heterocycles. The molecule has 0 aromatic rings. The number of carbonyl (C=O) groups excluding carboxylic acids is 1. The van der Waals surface area contributed by atoms with Crippen molar-refractivity contribution in [3.05, 3.63) is 0 Å². The summed E-state index contributed by atoms with van der Waals surface area (Å²) in [5, 5.41) is 3.33. The first kappa shape index (κ1) is 11.0.